The number of carbonyl (C=O) groups is 2. The number of hydrogen-bond acceptors (Lipinski definition) is 4. The van der Waals surface area contributed by atoms with E-state index in [2.05, 4.69) is 5.32 Å². The lowest BCUT2D eigenvalue weighted by Gasteiger charge is -2.33. The molecule has 1 atom stereocenters. The fraction of sp³-hybridized carbons (Fsp3) is 0.310. The van der Waals surface area contributed by atoms with Crippen LogP contribution in [0.15, 0.2) is 77.7 Å². The Morgan fingerprint density at radius 3 is 2.13 bits per heavy atom. The van der Waals surface area contributed by atoms with E-state index in [1.165, 1.54) is 17.0 Å². The maximum absolute atomic E-state index is 13.9. The third-order valence-corrected chi connectivity index (χ3v) is 8.33. The van der Waals surface area contributed by atoms with E-state index in [0.29, 0.717) is 21.3 Å². The molecule has 3 aromatic rings. The second-order valence-corrected chi connectivity index (χ2v) is 13.0. The molecule has 0 saturated carbocycles. The van der Waals surface area contributed by atoms with Gasteiger partial charge in [-0.25, -0.2) is 8.42 Å². The van der Waals surface area contributed by atoms with Gasteiger partial charge in [-0.1, -0.05) is 65.2 Å². The minimum absolute atomic E-state index is 0.0271. The predicted octanol–water partition coefficient (Wildman–Crippen LogP) is 5.83. The van der Waals surface area contributed by atoms with Crippen molar-refractivity contribution in [3.63, 3.8) is 0 Å². The summed E-state index contributed by atoms with van der Waals surface area (Å²) < 4.78 is 28.6. The summed E-state index contributed by atoms with van der Waals surface area (Å²) >= 11 is 12.5. The topological polar surface area (TPSA) is 86.8 Å². The molecule has 0 aliphatic carbocycles. The molecule has 0 bridgehead atoms. The Labute approximate surface area is 240 Å². The van der Waals surface area contributed by atoms with Gasteiger partial charge in [0, 0.05) is 22.1 Å². The number of carbonyl (C=O) groups excluding carboxylic acids is 2. The number of nitrogens with one attached hydrogen (secondary N) is 1. The first kappa shape index (κ1) is 30.5. The van der Waals surface area contributed by atoms with Crippen LogP contribution in [0.2, 0.25) is 10.0 Å². The standard InChI is InChI=1S/C29H33Cl2N3O4S/c1-20-11-15-24(16-12-20)34(39(37,38)25-9-7-6-8-10-25)19-27(35)33(21(2)28(36)32-29(3,4)5)18-22-13-14-23(30)17-26(22)31/h6-17,21H,18-19H2,1-5H3,(H,32,36). The molecule has 10 heteroatoms. The summed E-state index contributed by atoms with van der Waals surface area (Å²) in [6.07, 6.45) is 0. The Hall–Kier alpha value is -3.07. The molecule has 1 N–H and O–H groups in total. The maximum atomic E-state index is 13.9. The Balaban J connectivity index is 2.04. The van der Waals surface area contributed by atoms with Gasteiger partial charge in [-0.2, -0.15) is 0 Å². The van der Waals surface area contributed by atoms with E-state index < -0.39 is 34.1 Å². The van der Waals surface area contributed by atoms with Crippen molar-refractivity contribution >= 4 is 50.7 Å². The highest BCUT2D eigenvalue weighted by atomic mass is 35.5. The van der Waals surface area contributed by atoms with Gasteiger partial charge in [-0.3, -0.25) is 13.9 Å². The average Bonchev–Trinajstić information content (AvgIpc) is 2.86. The highest BCUT2D eigenvalue weighted by molar-refractivity contribution is 7.92. The van der Waals surface area contributed by atoms with Crippen molar-refractivity contribution in [3.8, 4) is 0 Å². The van der Waals surface area contributed by atoms with Gasteiger partial charge in [0.15, 0.2) is 0 Å². The second-order valence-electron chi connectivity index (χ2n) is 10.3. The smallest absolute Gasteiger partial charge is 0.264 e. The van der Waals surface area contributed by atoms with E-state index >= 15 is 0 Å². The van der Waals surface area contributed by atoms with E-state index in [-0.39, 0.29) is 17.3 Å². The van der Waals surface area contributed by atoms with Gasteiger partial charge >= 0.3 is 0 Å². The Kier molecular flexibility index (Phi) is 9.69. The van der Waals surface area contributed by atoms with Crippen molar-refractivity contribution in [1.29, 1.82) is 0 Å². The van der Waals surface area contributed by atoms with Crippen LogP contribution in [0.25, 0.3) is 0 Å². The summed E-state index contributed by atoms with van der Waals surface area (Å²) in [5.74, 6) is -0.952. The number of halogens is 2. The van der Waals surface area contributed by atoms with Crippen LogP contribution < -0.4 is 9.62 Å². The van der Waals surface area contributed by atoms with Gasteiger partial charge < -0.3 is 10.2 Å². The summed E-state index contributed by atoms with van der Waals surface area (Å²) in [6, 6.07) is 18.7. The molecular formula is C29H33Cl2N3O4S. The largest absolute Gasteiger partial charge is 0.350 e. The van der Waals surface area contributed by atoms with Gasteiger partial charge in [0.05, 0.1) is 10.6 Å². The SMILES string of the molecule is Cc1ccc(N(CC(=O)N(Cc2ccc(Cl)cc2Cl)C(C)C(=O)NC(C)(C)C)S(=O)(=O)c2ccccc2)cc1. The van der Waals surface area contributed by atoms with E-state index in [1.54, 1.807) is 67.6 Å². The van der Waals surface area contributed by atoms with Crippen LogP contribution in [0.3, 0.4) is 0 Å². The second kappa shape index (κ2) is 12.4. The van der Waals surface area contributed by atoms with Crippen LogP contribution in [0, 0.1) is 6.92 Å². The summed E-state index contributed by atoms with van der Waals surface area (Å²) in [5.41, 5.74) is 1.29. The number of rotatable bonds is 9. The van der Waals surface area contributed by atoms with Crippen molar-refractivity contribution < 1.29 is 18.0 Å². The third-order valence-electron chi connectivity index (χ3n) is 5.95. The molecule has 1 unspecified atom stereocenters. The van der Waals surface area contributed by atoms with Gasteiger partial charge in [-0.05, 0) is 76.6 Å². The predicted molar refractivity (Wildman–Crippen MR) is 157 cm³/mol. The third kappa shape index (κ3) is 7.97. The molecule has 0 aromatic heterocycles. The lowest BCUT2D eigenvalue weighted by molar-refractivity contribution is -0.140. The number of aryl methyl sites for hydroxylation is 1. The highest BCUT2D eigenvalue weighted by Gasteiger charge is 2.33. The highest BCUT2D eigenvalue weighted by Crippen LogP contribution is 2.26. The van der Waals surface area contributed by atoms with Crippen LogP contribution >= 0.6 is 23.2 Å². The summed E-state index contributed by atoms with van der Waals surface area (Å²) in [5, 5.41) is 3.65. The minimum atomic E-state index is -4.12. The van der Waals surface area contributed by atoms with Gasteiger partial charge in [0.1, 0.15) is 12.6 Å². The lowest BCUT2D eigenvalue weighted by atomic mass is 10.1. The molecule has 2 amide bonds. The number of hydrogen-bond donors (Lipinski definition) is 1. The summed E-state index contributed by atoms with van der Waals surface area (Å²) in [7, 11) is -4.12. The molecule has 0 aliphatic heterocycles. The molecule has 0 spiro atoms. The zero-order valence-corrected chi connectivity index (χ0v) is 24.9. The summed E-state index contributed by atoms with van der Waals surface area (Å²) in [4.78, 5) is 28.5. The first-order chi connectivity index (χ1) is 18.2. The number of amides is 2. The van der Waals surface area contributed by atoms with E-state index in [0.717, 1.165) is 9.87 Å². The van der Waals surface area contributed by atoms with Crippen LogP contribution in [-0.2, 0) is 26.2 Å². The number of benzene rings is 3. The van der Waals surface area contributed by atoms with Crippen molar-refractivity contribution in [2.75, 3.05) is 10.8 Å². The van der Waals surface area contributed by atoms with Crippen molar-refractivity contribution in [1.82, 2.24) is 10.2 Å². The zero-order valence-electron chi connectivity index (χ0n) is 22.6. The molecule has 0 aliphatic rings. The molecule has 208 valence electrons. The number of nitrogens with zero attached hydrogens (tertiary/aromatic N) is 2. The average molecular weight is 591 g/mol. The first-order valence-corrected chi connectivity index (χ1v) is 14.6. The van der Waals surface area contributed by atoms with E-state index in [9.17, 15) is 18.0 Å². The van der Waals surface area contributed by atoms with Crippen LogP contribution in [0.4, 0.5) is 5.69 Å². The van der Waals surface area contributed by atoms with Gasteiger partial charge in [0.2, 0.25) is 11.8 Å². The molecule has 0 heterocycles. The molecule has 7 nitrogen and oxygen atoms in total. The first-order valence-electron chi connectivity index (χ1n) is 12.4. The zero-order chi connectivity index (χ0) is 29.0. The number of sulfonamides is 1. The molecule has 3 rings (SSSR count). The molecule has 0 saturated heterocycles. The van der Waals surface area contributed by atoms with Crippen LogP contribution in [0.1, 0.15) is 38.8 Å². The Morgan fingerprint density at radius 1 is 0.949 bits per heavy atom. The normalized spacial score (nSPS) is 12.5. The lowest BCUT2D eigenvalue weighted by Crippen LogP contribution is -2.54. The molecular weight excluding hydrogens is 557 g/mol. The van der Waals surface area contributed by atoms with Crippen LogP contribution in [0.5, 0.6) is 0 Å². The fourth-order valence-electron chi connectivity index (χ4n) is 3.85. The Bertz CT molecular complexity index is 1420. The van der Waals surface area contributed by atoms with Crippen molar-refractivity contribution in [2.24, 2.45) is 0 Å². The van der Waals surface area contributed by atoms with E-state index in [1.807, 2.05) is 27.7 Å². The fourth-order valence-corrected chi connectivity index (χ4v) is 5.75. The molecule has 39 heavy (non-hydrogen) atoms. The Morgan fingerprint density at radius 2 is 1.56 bits per heavy atom. The summed E-state index contributed by atoms with van der Waals surface area (Å²) in [6.45, 7) is 8.45. The van der Waals surface area contributed by atoms with Gasteiger partial charge in [0.25, 0.3) is 10.0 Å². The van der Waals surface area contributed by atoms with Crippen molar-refractivity contribution in [2.45, 2.75) is 57.6 Å². The monoisotopic (exact) mass is 589 g/mol. The number of anilines is 1. The molecule has 0 fully saturated rings. The van der Waals surface area contributed by atoms with Crippen LogP contribution in [-0.4, -0.2) is 43.3 Å². The quantitative estimate of drug-likeness (QED) is 0.340. The van der Waals surface area contributed by atoms with E-state index in [4.69, 9.17) is 23.2 Å². The molecule has 3 aromatic carbocycles. The minimum Gasteiger partial charge on any atom is -0.350 e. The van der Waals surface area contributed by atoms with Gasteiger partial charge in [-0.15, -0.1) is 0 Å². The molecule has 0 radical (unpaired) electrons. The van der Waals surface area contributed by atoms with Crippen molar-refractivity contribution in [3.05, 3.63) is 94.0 Å². The maximum Gasteiger partial charge on any atom is 0.264 e.